The molecule has 1 atom stereocenters. The predicted octanol–water partition coefficient (Wildman–Crippen LogP) is -0.172. The van der Waals surface area contributed by atoms with Crippen LogP contribution in [-0.4, -0.2) is 27.9 Å². The minimum Gasteiger partial charge on any atom is -0.274 e. The summed E-state index contributed by atoms with van der Waals surface area (Å²) in [6.07, 6.45) is -0.0169. The molecule has 1 aliphatic rings. The third-order valence-corrected chi connectivity index (χ3v) is 1.94. The Bertz CT molecular complexity index is 211. The van der Waals surface area contributed by atoms with Gasteiger partial charge in [0, 0.05) is 12.8 Å². The molecule has 60 valence electrons. The van der Waals surface area contributed by atoms with E-state index in [1.165, 1.54) is 0 Å². The summed E-state index contributed by atoms with van der Waals surface area (Å²) < 4.78 is 10.2. The molecular formula is C5H7NO4P+. The fourth-order valence-electron chi connectivity index (χ4n) is 0.902. The third kappa shape index (κ3) is 1.82. The Labute approximate surface area is 63.9 Å². The molecule has 0 aromatic heterocycles. The van der Waals surface area contributed by atoms with Gasteiger partial charge in [0.25, 0.3) is 6.29 Å². The molecule has 1 rings (SSSR count). The summed E-state index contributed by atoms with van der Waals surface area (Å²) >= 11 is 0. The zero-order valence-electron chi connectivity index (χ0n) is 5.69. The summed E-state index contributed by atoms with van der Waals surface area (Å²) in [6.45, 7) is 0. The molecule has 1 saturated heterocycles. The molecule has 11 heavy (non-hydrogen) atoms. The van der Waals surface area contributed by atoms with Crippen LogP contribution in [0.5, 0.6) is 0 Å². The smallest absolute Gasteiger partial charge is 0.274 e. The number of likely N-dealkylation sites (tertiary alicyclic amines) is 1. The number of rotatable bonds is 2. The first-order valence-corrected chi connectivity index (χ1v) is 4.48. The van der Waals surface area contributed by atoms with Crippen molar-refractivity contribution in [3.05, 3.63) is 0 Å². The summed E-state index contributed by atoms with van der Waals surface area (Å²) in [7, 11) is -2.43. The van der Waals surface area contributed by atoms with Crippen LogP contribution < -0.4 is 0 Å². The monoisotopic (exact) mass is 176 g/mol. The second-order valence-corrected chi connectivity index (χ2v) is 3.20. The molecule has 1 fully saturated rings. The molecular weight excluding hydrogens is 169 g/mol. The highest BCUT2D eigenvalue weighted by Crippen LogP contribution is 2.20. The van der Waals surface area contributed by atoms with Gasteiger partial charge in [0.15, 0.2) is 0 Å². The van der Waals surface area contributed by atoms with E-state index in [0.29, 0.717) is 0 Å². The molecule has 1 aliphatic heterocycles. The number of hydrogen-bond donors (Lipinski definition) is 1. The Hall–Kier alpha value is -0.800. The zero-order chi connectivity index (χ0) is 8.43. The Morgan fingerprint density at radius 1 is 1.36 bits per heavy atom. The largest absolute Gasteiger partial charge is 0.528 e. The number of nitrogens with zero attached hydrogens (tertiary/aromatic N) is 1. The Morgan fingerprint density at radius 3 is 2.18 bits per heavy atom. The lowest BCUT2D eigenvalue weighted by Crippen LogP contribution is -2.28. The maximum absolute atomic E-state index is 10.8. The maximum Gasteiger partial charge on any atom is 0.528 e. The van der Waals surface area contributed by atoms with Gasteiger partial charge < -0.3 is 0 Å². The zero-order valence-corrected chi connectivity index (χ0v) is 6.58. The summed E-state index contributed by atoms with van der Waals surface area (Å²) in [5.41, 5.74) is 0. The summed E-state index contributed by atoms with van der Waals surface area (Å²) in [5, 5.41) is 0. The molecule has 6 heteroatoms. The fourth-order valence-corrected chi connectivity index (χ4v) is 1.46. The van der Waals surface area contributed by atoms with Crippen molar-refractivity contribution in [2.24, 2.45) is 0 Å². The van der Waals surface area contributed by atoms with Gasteiger partial charge in [0.05, 0.1) is 0 Å². The van der Waals surface area contributed by atoms with Gasteiger partial charge in [-0.3, -0.25) is 9.59 Å². The van der Waals surface area contributed by atoms with Crippen LogP contribution in [0.25, 0.3) is 0 Å². The average molecular weight is 176 g/mol. The highest BCUT2D eigenvalue weighted by Gasteiger charge is 2.34. The van der Waals surface area contributed by atoms with Gasteiger partial charge in [-0.05, 0) is 4.57 Å². The van der Waals surface area contributed by atoms with Gasteiger partial charge in [-0.15, -0.1) is 0 Å². The lowest BCUT2D eigenvalue weighted by Gasteiger charge is -2.03. The summed E-state index contributed by atoms with van der Waals surface area (Å²) in [5.74, 6) is -0.709. The first-order valence-electron chi connectivity index (χ1n) is 3.08. The molecule has 2 amide bonds. The second kappa shape index (κ2) is 3.07. The van der Waals surface area contributed by atoms with Crippen molar-refractivity contribution in [2.45, 2.75) is 12.8 Å². The predicted molar refractivity (Wildman–Crippen MR) is 35.8 cm³/mol. The Morgan fingerprint density at radius 2 is 1.82 bits per heavy atom. The Kier molecular flexibility index (Phi) is 2.31. The molecule has 5 nitrogen and oxygen atoms in total. The van der Waals surface area contributed by atoms with E-state index in [1.807, 2.05) is 0 Å². The van der Waals surface area contributed by atoms with Crippen LogP contribution in [0, 0.1) is 0 Å². The minimum atomic E-state index is -2.43. The number of carbonyl (C=O) groups excluding carboxylic acids is 2. The molecule has 0 spiro atoms. The van der Waals surface area contributed by atoms with Crippen molar-refractivity contribution in [3.63, 3.8) is 0 Å². The number of hydrogen-bond acceptors (Lipinski definition) is 3. The van der Waals surface area contributed by atoms with Gasteiger partial charge in [0.1, 0.15) is 0 Å². The highest BCUT2D eigenvalue weighted by molar-refractivity contribution is 7.38. The quantitative estimate of drug-likeness (QED) is 0.468. The lowest BCUT2D eigenvalue weighted by molar-refractivity contribution is -0.137. The van der Waals surface area contributed by atoms with Crippen LogP contribution >= 0.6 is 8.03 Å². The molecule has 0 aliphatic carbocycles. The first kappa shape index (κ1) is 8.30. The van der Waals surface area contributed by atoms with E-state index in [1.54, 1.807) is 0 Å². The van der Waals surface area contributed by atoms with Crippen LogP contribution in [-0.2, 0) is 14.2 Å². The van der Waals surface area contributed by atoms with E-state index in [-0.39, 0.29) is 30.9 Å². The summed E-state index contributed by atoms with van der Waals surface area (Å²) in [4.78, 5) is 30.8. The van der Waals surface area contributed by atoms with E-state index in [0.717, 1.165) is 4.90 Å². The molecule has 1 N–H and O–H groups in total. The van der Waals surface area contributed by atoms with Crippen LogP contribution in [0.1, 0.15) is 12.8 Å². The second-order valence-electron chi connectivity index (χ2n) is 2.21. The molecule has 0 radical (unpaired) electrons. The van der Waals surface area contributed by atoms with E-state index < -0.39 is 8.03 Å². The van der Waals surface area contributed by atoms with Crippen molar-refractivity contribution in [2.75, 3.05) is 6.29 Å². The summed E-state index contributed by atoms with van der Waals surface area (Å²) in [6, 6.07) is 0. The van der Waals surface area contributed by atoms with Gasteiger partial charge in [-0.2, -0.15) is 4.89 Å². The molecule has 0 bridgehead atoms. The van der Waals surface area contributed by atoms with Crippen molar-refractivity contribution < 1.29 is 19.0 Å². The normalized spacial score (nSPS) is 19.4. The van der Waals surface area contributed by atoms with Crippen LogP contribution in [0.4, 0.5) is 0 Å². The number of imide groups is 1. The third-order valence-electron chi connectivity index (χ3n) is 1.42. The van der Waals surface area contributed by atoms with Gasteiger partial charge in [-0.1, -0.05) is 0 Å². The van der Waals surface area contributed by atoms with Crippen LogP contribution in [0.3, 0.4) is 0 Å². The molecule has 0 saturated carbocycles. The van der Waals surface area contributed by atoms with Crippen molar-refractivity contribution in [3.8, 4) is 0 Å². The first-order chi connectivity index (χ1) is 5.11. The number of carbonyl (C=O) groups is 2. The van der Waals surface area contributed by atoms with E-state index >= 15 is 0 Å². The topological polar surface area (TPSA) is 74.7 Å². The minimum absolute atomic E-state index is 0.169. The van der Waals surface area contributed by atoms with E-state index in [2.05, 4.69) is 0 Å². The molecule has 0 aromatic carbocycles. The van der Waals surface area contributed by atoms with Gasteiger partial charge in [0.2, 0.25) is 11.8 Å². The number of amides is 2. The van der Waals surface area contributed by atoms with Crippen molar-refractivity contribution in [1.82, 2.24) is 4.90 Å². The standard InChI is InChI=1S/C5H6NO4P/c7-4-1-2-5(8)6(4)3-11(9)10/h1-3H2/p+1. The van der Waals surface area contributed by atoms with Crippen molar-refractivity contribution in [1.29, 1.82) is 0 Å². The van der Waals surface area contributed by atoms with E-state index in [9.17, 15) is 14.2 Å². The Balaban J connectivity index is 2.62. The van der Waals surface area contributed by atoms with Crippen LogP contribution in [0.15, 0.2) is 0 Å². The van der Waals surface area contributed by atoms with Gasteiger partial charge >= 0.3 is 8.03 Å². The fraction of sp³-hybridized carbons (Fsp3) is 0.600. The lowest BCUT2D eigenvalue weighted by atomic mass is 10.4. The van der Waals surface area contributed by atoms with Gasteiger partial charge in [-0.25, -0.2) is 4.90 Å². The molecule has 1 unspecified atom stereocenters. The van der Waals surface area contributed by atoms with E-state index in [4.69, 9.17) is 4.89 Å². The van der Waals surface area contributed by atoms with Crippen molar-refractivity contribution >= 4 is 19.8 Å². The van der Waals surface area contributed by atoms with Crippen LogP contribution in [0.2, 0.25) is 0 Å². The average Bonchev–Trinajstić information content (AvgIpc) is 2.18. The SMILES string of the molecule is O=C1CCC(=O)N1C[P+](=O)O. The molecule has 1 heterocycles. The maximum atomic E-state index is 10.8. The highest BCUT2D eigenvalue weighted by atomic mass is 31.1. The molecule has 0 aromatic rings.